The molecule has 2 atom stereocenters. The highest BCUT2D eigenvalue weighted by Crippen LogP contribution is 2.38. The average molecular weight is 292 g/mol. The summed E-state index contributed by atoms with van der Waals surface area (Å²) in [6.45, 7) is 2.21. The summed E-state index contributed by atoms with van der Waals surface area (Å²) in [5.41, 5.74) is 1.64. The van der Waals surface area contributed by atoms with Gasteiger partial charge in [0.1, 0.15) is 0 Å². The molecule has 21 heavy (non-hydrogen) atoms. The van der Waals surface area contributed by atoms with Crippen LogP contribution in [0.15, 0.2) is 24.3 Å². The molecule has 2 rings (SSSR count). The average Bonchev–Trinajstić information content (AvgIpc) is 2.75. The number of carbonyl (C=O) groups excluding carboxylic acids is 1. The zero-order valence-corrected chi connectivity index (χ0v) is 12.2. The number of urea groups is 1. The van der Waals surface area contributed by atoms with E-state index < -0.39 is 12.1 Å². The molecule has 2 unspecified atom stereocenters. The fraction of sp³-hybridized carbons (Fsp3) is 0.467. The Balaban J connectivity index is 2.22. The maximum atomic E-state index is 12.5. The van der Waals surface area contributed by atoms with Gasteiger partial charge in [-0.05, 0) is 18.6 Å². The van der Waals surface area contributed by atoms with E-state index in [2.05, 4.69) is 0 Å². The van der Waals surface area contributed by atoms with Crippen molar-refractivity contribution in [3.63, 3.8) is 0 Å². The van der Waals surface area contributed by atoms with Gasteiger partial charge in [0.2, 0.25) is 0 Å². The number of hydrogen-bond acceptors (Lipinski definition) is 3. The summed E-state index contributed by atoms with van der Waals surface area (Å²) in [5, 5.41) is 18.4. The highest BCUT2D eigenvalue weighted by Gasteiger charge is 2.34. The Morgan fingerprint density at radius 3 is 2.71 bits per heavy atom. The number of nitrogens with zero attached hydrogens (tertiary/aromatic N) is 2. The highest BCUT2D eigenvalue weighted by molar-refractivity contribution is 5.95. The number of carboxylic acid groups (broad SMARTS) is 1. The molecule has 114 valence electrons. The van der Waals surface area contributed by atoms with Gasteiger partial charge in [0.05, 0.1) is 12.5 Å². The molecule has 0 saturated heterocycles. The third-order valence-electron chi connectivity index (χ3n) is 3.59. The van der Waals surface area contributed by atoms with Gasteiger partial charge in [-0.15, -0.1) is 0 Å². The zero-order valence-electron chi connectivity index (χ0n) is 12.2. The van der Waals surface area contributed by atoms with E-state index in [-0.39, 0.29) is 24.9 Å². The first-order valence-electron chi connectivity index (χ1n) is 6.91. The monoisotopic (exact) mass is 292 g/mol. The van der Waals surface area contributed by atoms with Crippen LogP contribution in [0.5, 0.6) is 0 Å². The molecule has 0 radical (unpaired) electrons. The van der Waals surface area contributed by atoms with Crippen molar-refractivity contribution in [2.75, 3.05) is 25.0 Å². The first-order valence-corrected chi connectivity index (χ1v) is 6.91. The molecule has 1 heterocycles. The first-order chi connectivity index (χ1) is 9.90. The van der Waals surface area contributed by atoms with Crippen molar-refractivity contribution >= 4 is 17.7 Å². The number of aliphatic carboxylic acids is 1. The predicted molar refractivity (Wildman–Crippen MR) is 78.5 cm³/mol. The molecule has 6 heteroatoms. The Bertz CT molecular complexity index is 544. The number of fused-ring (bicyclic) bond motifs is 1. The summed E-state index contributed by atoms with van der Waals surface area (Å²) in [4.78, 5) is 26.5. The zero-order chi connectivity index (χ0) is 15.6. The van der Waals surface area contributed by atoms with Gasteiger partial charge in [-0.25, -0.2) is 4.79 Å². The molecule has 1 aliphatic heterocycles. The van der Waals surface area contributed by atoms with Crippen LogP contribution in [0.3, 0.4) is 0 Å². The lowest BCUT2D eigenvalue weighted by Gasteiger charge is -2.26. The Morgan fingerprint density at radius 1 is 1.43 bits per heavy atom. The van der Waals surface area contributed by atoms with Crippen molar-refractivity contribution in [1.29, 1.82) is 0 Å². The number of amides is 2. The smallest absolute Gasteiger partial charge is 0.324 e. The van der Waals surface area contributed by atoms with E-state index in [0.29, 0.717) is 6.54 Å². The Hall–Kier alpha value is -2.08. The molecule has 0 spiro atoms. The van der Waals surface area contributed by atoms with Crippen LogP contribution in [0.2, 0.25) is 0 Å². The van der Waals surface area contributed by atoms with E-state index in [1.165, 1.54) is 4.90 Å². The summed E-state index contributed by atoms with van der Waals surface area (Å²) < 4.78 is 0. The van der Waals surface area contributed by atoms with Gasteiger partial charge in [-0.3, -0.25) is 9.69 Å². The van der Waals surface area contributed by atoms with Gasteiger partial charge >= 0.3 is 12.0 Å². The van der Waals surface area contributed by atoms with Crippen LogP contribution in [0, 0.1) is 0 Å². The Kier molecular flexibility index (Phi) is 4.47. The fourth-order valence-corrected chi connectivity index (χ4v) is 2.74. The quantitative estimate of drug-likeness (QED) is 0.881. The largest absolute Gasteiger partial charge is 0.481 e. The van der Waals surface area contributed by atoms with Crippen LogP contribution < -0.4 is 4.90 Å². The second kappa shape index (κ2) is 6.13. The maximum absolute atomic E-state index is 12.5. The molecule has 2 amide bonds. The van der Waals surface area contributed by atoms with E-state index in [9.17, 15) is 14.7 Å². The Morgan fingerprint density at radius 2 is 2.10 bits per heavy atom. The standard InChI is InChI=1S/C15H20N2O4/c1-10(18)8-16(2)15(21)17-9-11(7-14(19)20)12-5-3-4-6-13(12)17/h3-6,10-11,18H,7-9H2,1-2H3,(H,19,20). The van der Waals surface area contributed by atoms with Crippen molar-refractivity contribution in [1.82, 2.24) is 4.90 Å². The van der Waals surface area contributed by atoms with E-state index >= 15 is 0 Å². The number of likely N-dealkylation sites (N-methyl/N-ethyl adjacent to an activating group) is 1. The van der Waals surface area contributed by atoms with Crippen molar-refractivity contribution < 1.29 is 19.8 Å². The number of hydrogen-bond donors (Lipinski definition) is 2. The molecule has 0 aromatic heterocycles. The second-order valence-electron chi connectivity index (χ2n) is 5.48. The topological polar surface area (TPSA) is 81.1 Å². The number of rotatable bonds is 4. The number of aliphatic hydroxyl groups excluding tert-OH is 1. The van der Waals surface area contributed by atoms with E-state index in [1.54, 1.807) is 18.9 Å². The molecule has 0 fully saturated rings. The number of benzene rings is 1. The van der Waals surface area contributed by atoms with Gasteiger partial charge in [0.15, 0.2) is 0 Å². The second-order valence-corrected chi connectivity index (χ2v) is 5.48. The number of para-hydroxylation sites is 1. The van der Waals surface area contributed by atoms with Gasteiger partial charge in [-0.2, -0.15) is 0 Å². The van der Waals surface area contributed by atoms with Crippen molar-refractivity contribution in [3.05, 3.63) is 29.8 Å². The number of anilines is 1. The molecule has 1 aromatic carbocycles. The number of aliphatic hydroxyl groups is 1. The lowest BCUT2D eigenvalue weighted by atomic mass is 9.98. The Labute approximate surface area is 123 Å². The lowest BCUT2D eigenvalue weighted by molar-refractivity contribution is -0.137. The summed E-state index contributed by atoms with van der Waals surface area (Å²) in [7, 11) is 1.63. The normalized spacial score (nSPS) is 18.2. The third kappa shape index (κ3) is 3.33. The third-order valence-corrected chi connectivity index (χ3v) is 3.59. The number of carboxylic acids is 1. The summed E-state index contributed by atoms with van der Waals surface area (Å²) in [6.07, 6.45) is -0.604. The molecule has 1 aromatic rings. The summed E-state index contributed by atoms with van der Waals surface area (Å²) >= 11 is 0. The molecule has 0 saturated carbocycles. The minimum atomic E-state index is -0.874. The highest BCUT2D eigenvalue weighted by atomic mass is 16.4. The molecular formula is C15H20N2O4. The fourth-order valence-electron chi connectivity index (χ4n) is 2.74. The molecular weight excluding hydrogens is 272 g/mol. The van der Waals surface area contributed by atoms with Crippen LogP contribution in [0.4, 0.5) is 10.5 Å². The van der Waals surface area contributed by atoms with Crippen LogP contribution in [-0.2, 0) is 4.79 Å². The van der Waals surface area contributed by atoms with Crippen molar-refractivity contribution in [3.8, 4) is 0 Å². The van der Waals surface area contributed by atoms with Gasteiger partial charge in [0, 0.05) is 31.7 Å². The maximum Gasteiger partial charge on any atom is 0.324 e. The van der Waals surface area contributed by atoms with E-state index in [0.717, 1.165) is 11.3 Å². The van der Waals surface area contributed by atoms with Crippen LogP contribution in [0.1, 0.15) is 24.8 Å². The molecule has 6 nitrogen and oxygen atoms in total. The first kappa shape index (κ1) is 15.3. The predicted octanol–water partition coefficient (Wildman–Crippen LogP) is 1.50. The minimum absolute atomic E-state index is 0.000903. The molecule has 0 aliphatic carbocycles. The van der Waals surface area contributed by atoms with Crippen LogP contribution in [-0.4, -0.2) is 53.4 Å². The minimum Gasteiger partial charge on any atom is -0.481 e. The molecule has 1 aliphatic rings. The lowest BCUT2D eigenvalue weighted by Crippen LogP contribution is -2.43. The van der Waals surface area contributed by atoms with Crippen molar-refractivity contribution in [2.45, 2.75) is 25.4 Å². The van der Waals surface area contributed by atoms with Crippen LogP contribution >= 0.6 is 0 Å². The number of carbonyl (C=O) groups is 2. The van der Waals surface area contributed by atoms with Gasteiger partial charge in [-0.1, -0.05) is 18.2 Å². The molecule has 0 bridgehead atoms. The van der Waals surface area contributed by atoms with Crippen molar-refractivity contribution in [2.24, 2.45) is 0 Å². The summed E-state index contributed by atoms with van der Waals surface area (Å²) in [5.74, 6) is -1.07. The SMILES string of the molecule is CC(O)CN(C)C(=O)N1CC(CC(=O)O)c2ccccc21. The molecule has 2 N–H and O–H groups in total. The van der Waals surface area contributed by atoms with Crippen LogP contribution in [0.25, 0.3) is 0 Å². The van der Waals surface area contributed by atoms with E-state index in [4.69, 9.17) is 5.11 Å². The van der Waals surface area contributed by atoms with Gasteiger partial charge < -0.3 is 15.1 Å². The van der Waals surface area contributed by atoms with E-state index in [1.807, 2.05) is 24.3 Å². The van der Waals surface area contributed by atoms with Gasteiger partial charge in [0.25, 0.3) is 0 Å². The summed E-state index contributed by atoms with van der Waals surface area (Å²) in [6, 6.07) is 7.14.